The Bertz CT molecular complexity index is 1730. The molecule has 1 atom stereocenters. The molecule has 2 amide bonds. The normalized spacial score (nSPS) is 14.6. The minimum Gasteiger partial charge on any atom is -0.497 e. The number of nitrogens with one attached hydrogen (secondary N) is 1. The van der Waals surface area contributed by atoms with Crippen molar-refractivity contribution in [2.45, 2.75) is 25.3 Å². The summed E-state index contributed by atoms with van der Waals surface area (Å²) in [4.78, 5) is 32.8. The Kier molecular flexibility index (Phi) is 8.08. The van der Waals surface area contributed by atoms with Crippen LogP contribution in [0.4, 0.5) is 27.6 Å². The van der Waals surface area contributed by atoms with Crippen molar-refractivity contribution in [3.05, 3.63) is 123 Å². The third kappa shape index (κ3) is 6.02. The van der Waals surface area contributed by atoms with E-state index in [1.165, 1.54) is 24.1 Å². The maximum Gasteiger partial charge on any atom is 0.416 e. The number of amides is 2. The van der Waals surface area contributed by atoms with E-state index < -0.39 is 46.8 Å². The number of rotatable bonds is 7. The van der Waals surface area contributed by atoms with Crippen molar-refractivity contribution in [3.63, 3.8) is 0 Å². The largest absolute Gasteiger partial charge is 0.497 e. The molecule has 2 heterocycles. The maximum absolute atomic E-state index is 14.5. The van der Waals surface area contributed by atoms with Crippen molar-refractivity contribution in [2.75, 3.05) is 12.4 Å². The highest BCUT2D eigenvalue weighted by Gasteiger charge is 2.43. The minimum atomic E-state index is -4.91. The van der Waals surface area contributed by atoms with Crippen LogP contribution >= 0.6 is 11.6 Å². The number of alkyl halides is 3. The van der Waals surface area contributed by atoms with Gasteiger partial charge >= 0.3 is 6.18 Å². The molecule has 1 aromatic heterocycles. The molecule has 0 fully saturated rings. The number of aromatic nitrogens is 1. The zero-order chi connectivity index (χ0) is 31.1. The summed E-state index contributed by atoms with van der Waals surface area (Å²) in [6, 6.07) is 12.1. The van der Waals surface area contributed by atoms with Gasteiger partial charge < -0.3 is 20.7 Å². The molecule has 1 aliphatic rings. The number of hydrogen-bond donors (Lipinski definition) is 2. The van der Waals surface area contributed by atoms with Gasteiger partial charge in [-0.2, -0.15) is 13.2 Å². The first-order chi connectivity index (χ1) is 20.4. The molecule has 222 valence electrons. The molecule has 5 rings (SSSR count). The van der Waals surface area contributed by atoms with E-state index in [0.717, 1.165) is 12.1 Å². The van der Waals surface area contributed by atoms with Crippen LogP contribution in [0.5, 0.6) is 5.75 Å². The number of nitrogens with zero attached hydrogens (tertiary/aromatic N) is 2. The summed E-state index contributed by atoms with van der Waals surface area (Å²) in [5.74, 6) is -3.03. The van der Waals surface area contributed by atoms with Crippen LogP contribution < -0.4 is 15.8 Å². The van der Waals surface area contributed by atoms with Gasteiger partial charge in [0.2, 0.25) is 0 Å². The van der Waals surface area contributed by atoms with Gasteiger partial charge in [0, 0.05) is 34.8 Å². The second-order valence-corrected chi connectivity index (χ2v) is 10.1. The van der Waals surface area contributed by atoms with E-state index in [-0.39, 0.29) is 52.4 Å². The molecule has 3 aromatic carbocycles. The number of anilines is 1. The second kappa shape index (κ2) is 11.6. The summed E-state index contributed by atoms with van der Waals surface area (Å²) >= 11 is 6.49. The van der Waals surface area contributed by atoms with Crippen molar-refractivity contribution >= 4 is 29.1 Å². The summed E-state index contributed by atoms with van der Waals surface area (Å²) in [6.07, 6.45) is -4.91. The Morgan fingerprint density at radius 3 is 2.42 bits per heavy atom. The Morgan fingerprint density at radius 1 is 1.05 bits per heavy atom. The highest BCUT2D eigenvalue weighted by molar-refractivity contribution is 6.31. The second-order valence-electron chi connectivity index (χ2n) is 9.66. The van der Waals surface area contributed by atoms with Gasteiger partial charge in [-0.3, -0.25) is 9.59 Å². The topological polar surface area (TPSA) is 97.6 Å². The quantitative estimate of drug-likeness (QED) is 0.231. The fraction of sp³-hybridized carbons (Fsp3) is 0.167. The molecule has 4 aromatic rings. The number of carbonyl (C=O) groups is 2. The van der Waals surface area contributed by atoms with Crippen LogP contribution in [0.25, 0.3) is 0 Å². The van der Waals surface area contributed by atoms with E-state index in [9.17, 15) is 31.5 Å². The molecule has 0 saturated carbocycles. The Labute approximate surface area is 247 Å². The first-order valence-corrected chi connectivity index (χ1v) is 13.1. The molecule has 0 bridgehead atoms. The zero-order valence-corrected chi connectivity index (χ0v) is 23.1. The Balaban J connectivity index is 1.64. The average Bonchev–Trinajstić information content (AvgIpc) is 3.24. The van der Waals surface area contributed by atoms with Crippen molar-refractivity contribution in [2.24, 2.45) is 5.73 Å². The van der Waals surface area contributed by atoms with Crippen LogP contribution in [0, 0.1) is 11.6 Å². The molecular formula is C30H22ClF5N4O3. The number of fused-ring (bicyclic) bond motifs is 1. The fourth-order valence-corrected chi connectivity index (χ4v) is 5.10. The highest BCUT2D eigenvalue weighted by atomic mass is 35.5. The van der Waals surface area contributed by atoms with E-state index in [2.05, 4.69) is 10.3 Å². The third-order valence-corrected chi connectivity index (χ3v) is 7.21. The lowest BCUT2D eigenvalue weighted by molar-refractivity contribution is -0.137. The predicted octanol–water partition coefficient (Wildman–Crippen LogP) is 6.50. The van der Waals surface area contributed by atoms with Gasteiger partial charge in [0.15, 0.2) is 0 Å². The first kappa shape index (κ1) is 29.9. The van der Waals surface area contributed by atoms with Crippen LogP contribution in [0.15, 0.2) is 66.7 Å². The summed E-state index contributed by atoms with van der Waals surface area (Å²) < 4.78 is 73.8. The van der Waals surface area contributed by atoms with E-state index in [1.54, 1.807) is 24.3 Å². The minimum absolute atomic E-state index is 0.000873. The molecule has 0 radical (unpaired) electrons. The monoisotopic (exact) mass is 616 g/mol. The summed E-state index contributed by atoms with van der Waals surface area (Å²) in [5, 5.41) is 2.60. The van der Waals surface area contributed by atoms with Gasteiger partial charge in [-0.25, -0.2) is 13.8 Å². The maximum atomic E-state index is 14.5. The van der Waals surface area contributed by atoms with Crippen LogP contribution in [0.3, 0.4) is 0 Å². The van der Waals surface area contributed by atoms with Gasteiger partial charge in [0.25, 0.3) is 11.8 Å². The molecule has 1 aliphatic heterocycles. The number of ether oxygens (including phenoxy) is 1. The van der Waals surface area contributed by atoms with Crippen molar-refractivity contribution in [1.82, 2.24) is 9.88 Å². The standard InChI is InChI=1S/C30H22ClF5N4O3/c1-43-21-5-2-15(3-6-21)14-40-27(22-11-18(32)4-7-23(22)31)25-24(12-20(13-37)38-26(25)29(40)42)39-28(41)16-8-17(30(34,35)36)10-19(33)9-16/h2-12,27H,13-14,37H2,1H3,(H,38,39,41). The van der Waals surface area contributed by atoms with E-state index >= 15 is 0 Å². The van der Waals surface area contributed by atoms with Gasteiger partial charge in [-0.05, 0) is 60.2 Å². The molecule has 7 nitrogen and oxygen atoms in total. The average molecular weight is 617 g/mol. The predicted molar refractivity (Wildman–Crippen MR) is 148 cm³/mol. The smallest absolute Gasteiger partial charge is 0.416 e. The summed E-state index contributed by atoms with van der Waals surface area (Å²) in [7, 11) is 1.50. The highest BCUT2D eigenvalue weighted by Crippen LogP contribution is 2.45. The number of methoxy groups -OCH3 is 1. The van der Waals surface area contributed by atoms with Crippen LogP contribution in [0.1, 0.15) is 54.8 Å². The fourth-order valence-electron chi connectivity index (χ4n) is 4.88. The lowest BCUT2D eigenvalue weighted by atomic mass is 9.97. The first-order valence-electron chi connectivity index (χ1n) is 12.7. The summed E-state index contributed by atoms with van der Waals surface area (Å²) in [6.45, 7) is -0.160. The van der Waals surface area contributed by atoms with Gasteiger partial charge in [-0.15, -0.1) is 0 Å². The zero-order valence-electron chi connectivity index (χ0n) is 22.3. The Hall–Kier alpha value is -4.55. The Morgan fingerprint density at radius 2 is 1.77 bits per heavy atom. The van der Waals surface area contributed by atoms with E-state index in [0.29, 0.717) is 23.4 Å². The van der Waals surface area contributed by atoms with Crippen molar-refractivity contribution in [1.29, 1.82) is 0 Å². The number of pyridine rings is 1. The number of halogens is 6. The molecule has 0 aliphatic carbocycles. The van der Waals surface area contributed by atoms with Crippen LogP contribution in [-0.4, -0.2) is 28.8 Å². The van der Waals surface area contributed by atoms with Crippen molar-refractivity contribution in [3.8, 4) is 5.75 Å². The molecule has 0 spiro atoms. The van der Waals surface area contributed by atoms with E-state index in [1.807, 2.05) is 0 Å². The molecular weight excluding hydrogens is 595 g/mol. The number of benzene rings is 3. The summed E-state index contributed by atoms with van der Waals surface area (Å²) in [5.41, 5.74) is 4.81. The molecule has 3 N–H and O–H groups in total. The molecule has 43 heavy (non-hydrogen) atoms. The SMILES string of the molecule is COc1ccc(CN2C(=O)c3nc(CN)cc(NC(=O)c4cc(F)cc(C(F)(F)F)c4)c3C2c2cc(F)ccc2Cl)cc1. The van der Waals surface area contributed by atoms with Gasteiger partial charge in [-0.1, -0.05) is 23.7 Å². The lowest BCUT2D eigenvalue weighted by Crippen LogP contribution is -2.29. The van der Waals surface area contributed by atoms with E-state index in [4.69, 9.17) is 22.1 Å². The van der Waals surface area contributed by atoms with Crippen LogP contribution in [-0.2, 0) is 19.3 Å². The third-order valence-electron chi connectivity index (χ3n) is 6.87. The molecule has 1 unspecified atom stereocenters. The van der Waals surface area contributed by atoms with Crippen LogP contribution in [0.2, 0.25) is 5.02 Å². The number of carbonyl (C=O) groups excluding carboxylic acids is 2. The number of hydrogen-bond acceptors (Lipinski definition) is 5. The van der Waals surface area contributed by atoms with Gasteiger partial charge in [0.1, 0.15) is 23.1 Å². The van der Waals surface area contributed by atoms with Crippen molar-refractivity contribution < 1.29 is 36.3 Å². The number of nitrogens with two attached hydrogens (primary N) is 1. The lowest BCUT2D eigenvalue weighted by Gasteiger charge is -2.27. The van der Waals surface area contributed by atoms with Gasteiger partial charge in [0.05, 0.1) is 30.1 Å². The molecule has 13 heteroatoms. The molecule has 0 saturated heterocycles.